The third-order valence-electron chi connectivity index (χ3n) is 4.79. The molecule has 112 valence electrons. The molecule has 1 saturated heterocycles. The standard InChI is InChI=1S/C15H25FN4/c1-18-12-17-10-13(18)11-19-6-3-7-20(9-8-19)15-5-2-4-14(15)16/h10,12,14-15H,2-9,11H2,1H3/t14-,15-/m1/s1. The Hall–Kier alpha value is -0.940. The molecular weight excluding hydrogens is 255 g/mol. The van der Waals surface area contributed by atoms with E-state index in [2.05, 4.69) is 19.4 Å². The zero-order chi connectivity index (χ0) is 13.9. The third kappa shape index (κ3) is 3.04. The highest BCUT2D eigenvalue weighted by Crippen LogP contribution is 2.27. The quantitative estimate of drug-likeness (QED) is 0.844. The highest BCUT2D eigenvalue weighted by Gasteiger charge is 2.32. The molecule has 0 amide bonds. The Kier molecular flexibility index (Phi) is 4.36. The summed E-state index contributed by atoms with van der Waals surface area (Å²) in [7, 11) is 2.04. The zero-order valence-corrected chi connectivity index (χ0v) is 12.3. The Morgan fingerprint density at radius 2 is 2.10 bits per heavy atom. The molecule has 0 N–H and O–H groups in total. The first-order valence-electron chi connectivity index (χ1n) is 7.80. The van der Waals surface area contributed by atoms with Gasteiger partial charge in [-0.2, -0.15) is 0 Å². The Labute approximate surface area is 120 Å². The summed E-state index contributed by atoms with van der Waals surface area (Å²) in [6.07, 6.45) is 7.20. The molecule has 1 aliphatic heterocycles. The van der Waals surface area contributed by atoms with Crippen LogP contribution in [0.4, 0.5) is 4.39 Å². The Morgan fingerprint density at radius 1 is 1.20 bits per heavy atom. The third-order valence-corrected chi connectivity index (χ3v) is 4.79. The van der Waals surface area contributed by atoms with Gasteiger partial charge in [0.05, 0.1) is 12.0 Å². The summed E-state index contributed by atoms with van der Waals surface area (Å²) in [4.78, 5) is 9.04. The molecule has 4 nitrogen and oxygen atoms in total. The molecule has 3 rings (SSSR count). The van der Waals surface area contributed by atoms with E-state index in [1.807, 2.05) is 19.6 Å². The monoisotopic (exact) mass is 280 g/mol. The number of halogens is 1. The van der Waals surface area contributed by atoms with Crippen LogP contribution in [0.25, 0.3) is 0 Å². The molecule has 2 fully saturated rings. The van der Waals surface area contributed by atoms with Crippen molar-refractivity contribution in [2.24, 2.45) is 7.05 Å². The summed E-state index contributed by atoms with van der Waals surface area (Å²) in [5, 5.41) is 0. The van der Waals surface area contributed by atoms with Crippen LogP contribution in [0.3, 0.4) is 0 Å². The number of nitrogens with zero attached hydrogens (tertiary/aromatic N) is 4. The summed E-state index contributed by atoms with van der Waals surface area (Å²) < 4.78 is 16.0. The zero-order valence-electron chi connectivity index (χ0n) is 12.3. The molecule has 1 aromatic rings. The first-order valence-corrected chi connectivity index (χ1v) is 7.80. The largest absolute Gasteiger partial charge is 0.337 e. The van der Waals surface area contributed by atoms with Crippen molar-refractivity contribution in [1.29, 1.82) is 0 Å². The highest BCUT2D eigenvalue weighted by atomic mass is 19.1. The van der Waals surface area contributed by atoms with E-state index < -0.39 is 6.17 Å². The van der Waals surface area contributed by atoms with Crippen molar-refractivity contribution in [2.45, 2.75) is 44.4 Å². The van der Waals surface area contributed by atoms with Crippen LogP contribution < -0.4 is 0 Å². The van der Waals surface area contributed by atoms with Gasteiger partial charge in [-0.3, -0.25) is 9.80 Å². The van der Waals surface area contributed by atoms with E-state index in [1.54, 1.807) is 0 Å². The number of rotatable bonds is 3. The van der Waals surface area contributed by atoms with Crippen LogP contribution in [0.5, 0.6) is 0 Å². The molecule has 5 heteroatoms. The van der Waals surface area contributed by atoms with Gasteiger partial charge in [-0.25, -0.2) is 9.37 Å². The van der Waals surface area contributed by atoms with Gasteiger partial charge in [0.1, 0.15) is 6.17 Å². The van der Waals surface area contributed by atoms with E-state index in [0.717, 1.165) is 58.4 Å². The maximum absolute atomic E-state index is 13.9. The van der Waals surface area contributed by atoms with E-state index in [1.165, 1.54) is 5.69 Å². The normalized spacial score (nSPS) is 29.7. The first-order chi connectivity index (χ1) is 9.74. The average molecular weight is 280 g/mol. The lowest BCUT2D eigenvalue weighted by molar-refractivity contribution is 0.133. The maximum atomic E-state index is 13.9. The van der Waals surface area contributed by atoms with Gasteiger partial charge in [0, 0.05) is 38.9 Å². The topological polar surface area (TPSA) is 24.3 Å². The Bertz CT molecular complexity index is 433. The minimum absolute atomic E-state index is 0.187. The SMILES string of the molecule is Cn1cncc1CN1CCCN([C@@H]2CCC[C@H]2F)CC1. The van der Waals surface area contributed by atoms with Crippen molar-refractivity contribution in [3.05, 3.63) is 18.2 Å². The maximum Gasteiger partial charge on any atom is 0.116 e. The molecule has 0 unspecified atom stereocenters. The number of alkyl halides is 1. The van der Waals surface area contributed by atoms with Crippen molar-refractivity contribution in [3.8, 4) is 0 Å². The second-order valence-corrected chi connectivity index (χ2v) is 6.18. The van der Waals surface area contributed by atoms with Crippen LogP contribution in [0, 0.1) is 0 Å². The number of imidazole rings is 1. The van der Waals surface area contributed by atoms with Gasteiger partial charge < -0.3 is 4.57 Å². The molecule has 2 atom stereocenters. The van der Waals surface area contributed by atoms with E-state index >= 15 is 0 Å². The lowest BCUT2D eigenvalue weighted by Crippen LogP contribution is -2.41. The van der Waals surface area contributed by atoms with Crippen molar-refractivity contribution < 1.29 is 4.39 Å². The minimum Gasteiger partial charge on any atom is -0.337 e. The molecule has 0 aromatic carbocycles. The van der Waals surface area contributed by atoms with Crippen molar-refractivity contribution in [3.63, 3.8) is 0 Å². The lowest BCUT2D eigenvalue weighted by atomic mass is 10.2. The molecule has 20 heavy (non-hydrogen) atoms. The van der Waals surface area contributed by atoms with Gasteiger partial charge in [0.15, 0.2) is 0 Å². The number of aromatic nitrogens is 2. The molecule has 1 aliphatic carbocycles. The fourth-order valence-corrected chi connectivity index (χ4v) is 3.55. The Morgan fingerprint density at radius 3 is 2.80 bits per heavy atom. The highest BCUT2D eigenvalue weighted by molar-refractivity contribution is 4.97. The summed E-state index contributed by atoms with van der Waals surface area (Å²) in [6.45, 7) is 5.14. The predicted molar refractivity (Wildman–Crippen MR) is 77.2 cm³/mol. The molecule has 2 aliphatic rings. The molecule has 0 bridgehead atoms. The number of hydrogen-bond acceptors (Lipinski definition) is 3. The van der Waals surface area contributed by atoms with Crippen molar-refractivity contribution >= 4 is 0 Å². The second kappa shape index (κ2) is 6.22. The van der Waals surface area contributed by atoms with Gasteiger partial charge in [-0.1, -0.05) is 0 Å². The van der Waals surface area contributed by atoms with Crippen LogP contribution in [0.1, 0.15) is 31.4 Å². The Balaban J connectivity index is 1.55. The molecule has 0 spiro atoms. The van der Waals surface area contributed by atoms with E-state index in [4.69, 9.17) is 0 Å². The van der Waals surface area contributed by atoms with Gasteiger partial charge in [0.2, 0.25) is 0 Å². The van der Waals surface area contributed by atoms with E-state index in [-0.39, 0.29) is 6.04 Å². The summed E-state index contributed by atoms with van der Waals surface area (Å²) in [5.41, 5.74) is 1.25. The summed E-state index contributed by atoms with van der Waals surface area (Å²) in [6, 6.07) is 0.187. The number of hydrogen-bond donors (Lipinski definition) is 0. The van der Waals surface area contributed by atoms with Crippen LogP contribution in [0.15, 0.2) is 12.5 Å². The fraction of sp³-hybridized carbons (Fsp3) is 0.800. The van der Waals surface area contributed by atoms with Crippen molar-refractivity contribution in [2.75, 3.05) is 26.2 Å². The summed E-state index contributed by atoms with van der Waals surface area (Å²) >= 11 is 0. The van der Waals surface area contributed by atoms with Gasteiger partial charge in [-0.05, 0) is 38.8 Å². The van der Waals surface area contributed by atoms with Crippen molar-refractivity contribution in [1.82, 2.24) is 19.4 Å². The smallest absolute Gasteiger partial charge is 0.116 e. The van der Waals surface area contributed by atoms with Crippen LogP contribution in [-0.2, 0) is 13.6 Å². The van der Waals surface area contributed by atoms with Gasteiger partial charge in [0.25, 0.3) is 0 Å². The molecule has 1 aromatic heterocycles. The predicted octanol–water partition coefficient (Wildman–Crippen LogP) is 1.82. The van der Waals surface area contributed by atoms with Gasteiger partial charge in [-0.15, -0.1) is 0 Å². The molecule has 2 heterocycles. The molecule has 1 saturated carbocycles. The summed E-state index contributed by atoms with van der Waals surface area (Å²) in [5.74, 6) is 0. The van der Waals surface area contributed by atoms with Crippen LogP contribution >= 0.6 is 0 Å². The number of aryl methyl sites for hydroxylation is 1. The second-order valence-electron chi connectivity index (χ2n) is 6.18. The van der Waals surface area contributed by atoms with Crippen LogP contribution in [0.2, 0.25) is 0 Å². The average Bonchev–Trinajstić information content (AvgIpc) is 2.95. The van der Waals surface area contributed by atoms with E-state index in [9.17, 15) is 4.39 Å². The van der Waals surface area contributed by atoms with Crippen LogP contribution in [-0.4, -0.2) is 57.7 Å². The molecule has 0 radical (unpaired) electrons. The van der Waals surface area contributed by atoms with Gasteiger partial charge >= 0.3 is 0 Å². The molecular formula is C15H25FN4. The van der Waals surface area contributed by atoms with E-state index in [0.29, 0.717) is 0 Å². The fourth-order valence-electron chi connectivity index (χ4n) is 3.55. The first kappa shape index (κ1) is 14.0. The lowest BCUT2D eigenvalue weighted by Gasteiger charge is -2.28. The minimum atomic E-state index is -0.598.